The smallest absolute Gasteiger partial charge is 0.250 e. The number of halogens is 2. The van der Waals surface area contributed by atoms with E-state index in [4.69, 9.17) is 0 Å². The summed E-state index contributed by atoms with van der Waals surface area (Å²) in [6.07, 6.45) is 1.74. The Morgan fingerprint density at radius 2 is 1.65 bits per heavy atom. The standard InChI is InChI=1S/C31H40F2N2O2/c1-23(2)26-13-11-25(12-14-26)22-34-18-16-30(17-19-34,24(3)36)21-29(37)35(27-8-5-4-6-9-27)28-10-7-15-31(32,33)20-28/h4-6,8-9,11-14,23,28H,7,10,15-22H2,1-3H3. The van der Waals surface area contributed by atoms with Crippen LogP contribution in [0.25, 0.3) is 0 Å². The summed E-state index contributed by atoms with van der Waals surface area (Å²) in [5.74, 6) is -2.48. The fourth-order valence-electron chi connectivity index (χ4n) is 5.95. The second-order valence-corrected chi connectivity index (χ2v) is 11.4. The van der Waals surface area contributed by atoms with Gasteiger partial charge in [-0.3, -0.25) is 14.5 Å². The maximum atomic E-state index is 14.3. The highest BCUT2D eigenvalue weighted by Gasteiger charge is 2.45. The maximum absolute atomic E-state index is 14.3. The predicted molar refractivity (Wildman–Crippen MR) is 144 cm³/mol. The fourth-order valence-corrected chi connectivity index (χ4v) is 5.95. The summed E-state index contributed by atoms with van der Waals surface area (Å²) in [5.41, 5.74) is 2.44. The monoisotopic (exact) mass is 510 g/mol. The van der Waals surface area contributed by atoms with Crippen LogP contribution in [0, 0.1) is 5.41 Å². The first-order valence-electron chi connectivity index (χ1n) is 13.7. The number of Topliss-reactive ketones (excluding diaryl/α,β-unsaturated/α-hetero) is 1. The third-order valence-electron chi connectivity index (χ3n) is 8.38. The summed E-state index contributed by atoms with van der Waals surface area (Å²) in [6.45, 7) is 8.21. The van der Waals surface area contributed by atoms with Crippen LogP contribution >= 0.6 is 0 Å². The minimum atomic E-state index is -2.77. The molecule has 0 N–H and O–H groups in total. The number of hydrogen-bond acceptors (Lipinski definition) is 3. The highest BCUT2D eigenvalue weighted by atomic mass is 19.3. The normalized spacial score (nSPS) is 21.5. The van der Waals surface area contributed by atoms with Gasteiger partial charge in [0.05, 0.1) is 0 Å². The van der Waals surface area contributed by atoms with Crippen LogP contribution in [-0.4, -0.2) is 41.6 Å². The number of likely N-dealkylation sites (tertiary alicyclic amines) is 1. The summed E-state index contributed by atoms with van der Waals surface area (Å²) in [6, 6.07) is 17.2. The van der Waals surface area contributed by atoms with Gasteiger partial charge in [0.15, 0.2) is 0 Å². The van der Waals surface area contributed by atoms with Gasteiger partial charge in [-0.25, -0.2) is 8.78 Å². The second-order valence-electron chi connectivity index (χ2n) is 11.4. The first-order valence-corrected chi connectivity index (χ1v) is 13.7. The molecular formula is C31H40F2N2O2. The Labute approximate surface area is 220 Å². The first kappa shape index (κ1) is 27.4. The van der Waals surface area contributed by atoms with Gasteiger partial charge < -0.3 is 4.90 Å². The van der Waals surface area contributed by atoms with Crippen molar-refractivity contribution in [1.82, 2.24) is 4.90 Å². The predicted octanol–water partition coefficient (Wildman–Crippen LogP) is 6.98. The summed E-state index contributed by atoms with van der Waals surface area (Å²) >= 11 is 0. The quantitative estimate of drug-likeness (QED) is 0.385. The molecule has 0 spiro atoms. The van der Waals surface area contributed by atoms with Crippen molar-refractivity contribution < 1.29 is 18.4 Å². The molecule has 1 aliphatic carbocycles. The van der Waals surface area contributed by atoms with Crippen molar-refractivity contribution in [1.29, 1.82) is 0 Å². The number of piperidine rings is 1. The van der Waals surface area contributed by atoms with Crippen LogP contribution in [0.2, 0.25) is 0 Å². The average Bonchev–Trinajstić information content (AvgIpc) is 2.86. The number of hydrogen-bond donors (Lipinski definition) is 0. The molecule has 1 amide bonds. The first-order chi connectivity index (χ1) is 17.6. The minimum Gasteiger partial charge on any atom is -0.309 e. The largest absolute Gasteiger partial charge is 0.309 e. The molecule has 1 aliphatic heterocycles. The van der Waals surface area contributed by atoms with Gasteiger partial charge in [-0.15, -0.1) is 0 Å². The van der Waals surface area contributed by atoms with E-state index in [2.05, 4.69) is 43.0 Å². The minimum absolute atomic E-state index is 0.0174. The molecular weight excluding hydrogens is 470 g/mol. The Bertz CT molecular complexity index is 1060. The number of amides is 1. The Kier molecular flexibility index (Phi) is 8.47. The van der Waals surface area contributed by atoms with Crippen LogP contribution < -0.4 is 4.90 Å². The highest BCUT2D eigenvalue weighted by molar-refractivity contribution is 5.98. The molecule has 0 radical (unpaired) electrons. The van der Waals surface area contributed by atoms with Gasteiger partial charge in [-0.1, -0.05) is 56.3 Å². The van der Waals surface area contributed by atoms with Crippen molar-refractivity contribution in [2.75, 3.05) is 18.0 Å². The fraction of sp³-hybridized carbons (Fsp3) is 0.548. The van der Waals surface area contributed by atoms with Crippen LogP contribution in [0.5, 0.6) is 0 Å². The molecule has 0 bridgehead atoms. The maximum Gasteiger partial charge on any atom is 0.250 e. The van der Waals surface area contributed by atoms with Crippen molar-refractivity contribution >= 4 is 17.4 Å². The molecule has 2 aromatic rings. The molecule has 4 rings (SSSR count). The lowest BCUT2D eigenvalue weighted by molar-refractivity contribution is -0.135. The SMILES string of the molecule is CC(=O)C1(CC(=O)N(c2ccccc2)C2CCCC(F)(F)C2)CCN(Cc2ccc(C(C)C)cc2)CC1. The molecule has 200 valence electrons. The van der Waals surface area contributed by atoms with E-state index >= 15 is 0 Å². The number of anilines is 1. The van der Waals surface area contributed by atoms with Crippen molar-refractivity contribution in [3.63, 3.8) is 0 Å². The molecule has 2 aliphatic rings. The molecule has 2 aromatic carbocycles. The van der Waals surface area contributed by atoms with E-state index in [1.807, 2.05) is 18.2 Å². The van der Waals surface area contributed by atoms with Crippen LogP contribution in [0.15, 0.2) is 54.6 Å². The van der Waals surface area contributed by atoms with E-state index in [1.165, 1.54) is 11.1 Å². The zero-order chi connectivity index (χ0) is 26.6. The molecule has 1 heterocycles. The highest BCUT2D eigenvalue weighted by Crippen LogP contribution is 2.41. The molecule has 6 heteroatoms. The van der Waals surface area contributed by atoms with Crippen molar-refractivity contribution in [3.05, 3.63) is 65.7 Å². The number of nitrogens with zero attached hydrogens (tertiary/aromatic N) is 2. The van der Waals surface area contributed by atoms with E-state index < -0.39 is 17.4 Å². The summed E-state index contributed by atoms with van der Waals surface area (Å²) in [7, 11) is 0. The Morgan fingerprint density at radius 3 is 2.22 bits per heavy atom. The van der Waals surface area contributed by atoms with Crippen LogP contribution in [0.1, 0.15) is 82.8 Å². The van der Waals surface area contributed by atoms with Gasteiger partial charge in [0, 0.05) is 43.0 Å². The van der Waals surface area contributed by atoms with E-state index in [1.54, 1.807) is 24.0 Å². The Morgan fingerprint density at radius 1 is 1.00 bits per heavy atom. The molecule has 1 saturated carbocycles. The average molecular weight is 511 g/mol. The molecule has 1 unspecified atom stereocenters. The lowest BCUT2D eigenvalue weighted by atomic mass is 9.72. The molecule has 4 nitrogen and oxygen atoms in total. The number of ketones is 1. The van der Waals surface area contributed by atoms with Gasteiger partial charge in [0.2, 0.25) is 11.8 Å². The number of carbonyl (C=O) groups is 2. The van der Waals surface area contributed by atoms with E-state index in [-0.39, 0.29) is 31.0 Å². The Balaban J connectivity index is 1.47. The van der Waals surface area contributed by atoms with Gasteiger partial charge in [0.25, 0.3) is 0 Å². The van der Waals surface area contributed by atoms with E-state index in [9.17, 15) is 18.4 Å². The summed E-state index contributed by atoms with van der Waals surface area (Å²) in [4.78, 5) is 30.7. The second kappa shape index (κ2) is 11.4. The van der Waals surface area contributed by atoms with E-state index in [0.29, 0.717) is 37.3 Å². The summed E-state index contributed by atoms with van der Waals surface area (Å²) < 4.78 is 28.7. The van der Waals surface area contributed by atoms with Crippen LogP contribution in [0.3, 0.4) is 0 Å². The third kappa shape index (κ3) is 6.64. The molecule has 2 fully saturated rings. The zero-order valence-corrected chi connectivity index (χ0v) is 22.4. The van der Waals surface area contributed by atoms with Gasteiger partial charge >= 0.3 is 0 Å². The lowest BCUT2D eigenvalue weighted by Crippen LogP contribution is -2.50. The number of para-hydroxylation sites is 1. The van der Waals surface area contributed by atoms with Gasteiger partial charge in [-0.05, 0) is 74.9 Å². The van der Waals surface area contributed by atoms with Crippen molar-refractivity contribution in [2.45, 2.75) is 90.1 Å². The molecule has 1 atom stereocenters. The number of rotatable bonds is 8. The van der Waals surface area contributed by atoms with Crippen molar-refractivity contribution in [2.24, 2.45) is 5.41 Å². The van der Waals surface area contributed by atoms with E-state index in [0.717, 1.165) is 19.6 Å². The molecule has 37 heavy (non-hydrogen) atoms. The number of benzene rings is 2. The third-order valence-corrected chi connectivity index (χ3v) is 8.38. The topological polar surface area (TPSA) is 40.6 Å². The van der Waals surface area contributed by atoms with Crippen molar-refractivity contribution in [3.8, 4) is 0 Å². The lowest BCUT2D eigenvalue weighted by Gasteiger charge is -2.43. The summed E-state index contributed by atoms with van der Waals surface area (Å²) in [5, 5.41) is 0. The van der Waals surface area contributed by atoms with Crippen LogP contribution in [0.4, 0.5) is 14.5 Å². The van der Waals surface area contributed by atoms with Gasteiger partial charge in [-0.2, -0.15) is 0 Å². The zero-order valence-electron chi connectivity index (χ0n) is 22.4. The van der Waals surface area contributed by atoms with Crippen LogP contribution in [-0.2, 0) is 16.1 Å². The van der Waals surface area contributed by atoms with Gasteiger partial charge in [0.1, 0.15) is 5.78 Å². The molecule has 1 saturated heterocycles. The number of carbonyl (C=O) groups excluding carboxylic acids is 2. The molecule has 0 aromatic heterocycles. The number of alkyl halides is 2. The Hall–Kier alpha value is -2.60.